The zero-order valence-electron chi connectivity index (χ0n) is 17.2. The molecule has 3 rings (SSSR count). The van der Waals surface area contributed by atoms with Crippen LogP contribution in [0, 0.1) is 0 Å². The second-order valence-corrected chi connectivity index (χ2v) is 7.49. The van der Waals surface area contributed by atoms with Crippen molar-refractivity contribution in [1.82, 2.24) is 0 Å². The van der Waals surface area contributed by atoms with Crippen LogP contribution in [-0.4, -0.2) is 38.6 Å². The number of hydrogen-bond donors (Lipinski definition) is 2. The number of primary amides is 1. The lowest BCUT2D eigenvalue weighted by Crippen LogP contribution is -2.22. The maximum Gasteiger partial charge on any atom is 0.255 e. The largest absolute Gasteiger partial charge is 0.493 e. The first kappa shape index (κ1) is 21.8. The second-order valence-electron chi connectivity index (χ2n) is 7.08. The van der Waals surface area contributed by atoms with Crippen LogP contribution in [0.25, 0.3) is 0 Å². The van der Waals surface area contributed by atoms with Gasteiger partial charge in [0.25, 0.3) is 5.91 Å². The van der Waals surface area contributed by atoms with E-state index < -0.39 is 5.91 Å². The van der Waals surface area contributed by atoms with Gasteiger partial charge in [-0.05, 0) is 49.6 Å². The highest BCUT2D eigenvalue weighted by Crippen LogP contribution is 2.37. The normalized spacial score (nSPS) is 13.2. The summed E-state index contributed by atoms with van der Waals surface area (Å²) in [7, 11) is 1.49. The van der Waals surface area contributed by atoms with Crippen LogP contribution in [0.2, 0.25) is 5.02 Å². The van der Waals surface area contributed by atoms with E-state index in [1.807, 2.05) is 13.0 Å². The maximum absolute atomic E-state index is 13.0. The highest BCUT2D eigenvalue weighted by Gasteiger charge is 2.21. The van der Waals surface area contributed by atoms with Gasteiger partial charge in [0.05, 0.1) is 30.1 Å². The van der Waals surface area contributed by atoms with Crippen LogP contribution in [0.4, 0.5) is 11.4 Å². The third kappa shape index (κ3) is 4.79. The monoisotopic (exact) mass is 431 g/mol. The summed E-state index contributed by atoms with van der Waals surface area (Å²) in [5.41, 5.74) is 7.45. The molecule has 1 fully saturated rings. The fourth-order valence-corrected chi connectivity index (χ4v) is 3.68. The predicted octanol–water partition coefficient (Wildman–Crippen LogP) is 4.09. The van der Waals surface area contributed by atoms with E-state index in [4.69, 9.17) is 26.8 Å². The Morgan fingerprint density at radius 1 is 1.17 bits per heavy atom. The van der Waals surface area contributed by atoms with Gasteiger partial charge < -0.3 is 25.4 Å². The number of carbonyl (C=O) groups is 2. The topological polar surface area (TPSA) is 93.9 Å². The van der Waals surface area contributed by atoms with Gasteiger partial charge in [-0.2, -0.15) is 0 Å². The highest BCUT2D eigenvalue weighted by atomic mass is 35.5. The molecule has 2 aromatic rings. The molecule has 3 N–H and O–H groups in total. The van der Waals surface area contributed by atoms with Gasteiger partial charge in [0.1, 0.15) is 0 Å². The number of benzene rings is 2. The molecule has 0 radical (unpaired) electrons. The first-order valence-electron chi connectivity index (χ1n) is 9.95. The summed E-state index contributed by atoms with van der Waals surface area (Å²) >= 11 is 6.34. The predicted molar refractivity (Wildman–Crippen MR) is 118 cm³/mol. The summed E-state index contributed by atoms with van der Waals surface area (Å²) in [6.45, 7) is 4.25. The van der Waals surface area contributed by atoms with Crippen LogP contribution >= 0.6 is 11.6 Å². The Balaban J connectivity index is 1.92. The third-order valence-corrected chi connectivity index (χ3v) is 5.20. The third-order valence-electron chi connectivity index (χ3n) is 4.92. The molecule has 0 unspecified atom stereocenters. The molecule has 1 saturated heterocycles. The molecular formula is C22H26ClN3O4. The van der Waals surface area contributed by atoms with Crippen LogP contribution in [0.3, 0.4) is 0 Å². The summed E-state index contributed by atoms with van der Waals surface area (Å²) in [5.74, 6) is -0.141. The standard InChI is InChI=1S/C22H26ClN3O4/c1-3-10-30-20-16(23)11-15(13-19(20)29-2)22(28)25-17-12-14(21(24)27)6-7-18(17)26-8-4-5-9-26/h6-7,11-13H,3-5,8-10H2,1-2H3,(H2,24,27)(H,25,28). The maximum atomic E-state index is 13.0. The van der Waals surface area contributed by atoms with Crippen LogP contribution < -0.4 is 25.4 Å². The molecule has 1 aliphatic rings. The molecule has 0 saturated carbocycles. The van der Waals surface area contributed by atoms with Gasteiger partial charge in [0.2, 0.25) is 5.91 Å². The van der Waals surface area contributed by atoms with Crippen molar-refractivity contribution in [3.8, 4) is 11.5 Å². The Bertz CT molecular complexity index is 942. The number of hydrogen-bond acceptors (Lipinski definition) is 5. The number of nitrogens with two attached hydrogens (primary N) is 1. The summed E-state index contributed by atoms with van der Waals surface area (Å²) < 4.78 is 11.0. The number of carbonyl (C=O) groups excluding carboxylic acids is 2. The lowest BCUT2D eigenvalue weighted by atomic mass is 10.1. The molecule has 2 amide bonds. The molecule has 0 aromatic heterocycles. The summed E-state index contributed by atoms with van der Waals surface area (Å²) in [4.78, 5) is 26.8. The van der Waals surface area contributed by atoms with E-state index in [2.05, 4.69) is 10.2 Å². The van der Waals surface area contributed by atoms with Crippen molar-refractivity contribution >= 4 is 34.8 Å². The molecule has 1 heterocycles. The average molecular weight is 432 g/mol. The number of amides is 2. The molecule has 0 atom stereocenters. The van der Waals surface area contributed by atoms with E-state index in [9.17, 15) is 9.59 Å². The number of halogens is 1. The van der Waals surface area contributed by atoms with Crippen molar-refractivity contribution in [2.45, 2.75) is 26.2 Å². The average Bonchev–Trinajstić information content (AvgIpc) is 3.26. The Kier molecular flexibility index (Phi) is 7.05. The number of nitrogens with one attached hydrogen (secondary N) is 1. The molecule has 0 bridgehead atoms. The molecule has 0 spiro atoms. The fraction of sp³-hybridized carbons (Fsp3) is 0.364. The smallest absolute Gasteiger partial charge is 0.255 e. The zero-order valence-corrected chi connectivity index (χ0v) is 17.9. The van der Waals surface area contributed by atoms with Crippen molar-refractivity contribution in [1.29, 1.82) is 0 Å². The fourth-order valence-electron chi connectivity index (χ4n) is 3.41. The van der Waals surface area contributed by atoms with Crippen molar-refractivity contribution < 1.29 is 19.1 Å². The molecule has 7 nitrogen and oxygen atoms in total. The van der Waals surface area contributed by atoms with Gasteiger partial charge in [-0.25, -0.2) is 0 Å². The second kappa shape index (κ2) is 9.71. The van der Waals surface area contributed by atoms with E-state index in [-0.39, 0.29) is 5.91 Å². The van der Waals surface area contributed by atoms with E-state index >= 15 is 0 Å². The molecule has 30 heavy (non-hydrogen) atoms. The molecule has 160 valence electrons. The van der Waals surface area contributed by atoms with Crippen molar-refractivity contribution in [2.24, 2.45) is 5.73 Å². The van der Waals surface area contributed by atoms with Gasteiger partial charge in [-0.15, -0.1) is 0 Å². The minimum atomic E-state index is -0.555. The Hall–Kier alpha value is -2.93. The van der Waals surface area contributed by atoms with E-state index in [1.54, 1.807) is 18.2 Å². The van der Waals surface area contributed by atoms with E-state index in [0.717, 1.165) is 38.0 Å². The summed E-state index contributed by atoms with van der Waals surface area (Å²) in [6, 6.07) is 8.21. The minimum Gasteiger partial charge on any atom is -0.493 e. The van der Waals surface area contributed by atoms with Crippen molar-refractivity contribution in [2.75, 3.05) is 37.0 Å². The molecule has 8 heteroatoms. The van der Waals surface area contributed by atoms with Gasteiger partial charge in [-0.3, -0.25) is 9.59 Å². The lowest BCUT2D eigenvalue weighted by molar-refractivity contribution is 0.0996. The molecule has 0 aliphatic carbocycles. The SMILES string of the molecule is CCCOc1c(Cl)cc(C(=O)Nc2cc(C(N)=O)ccc2N2CCCC2)cc1OC. The highest BCUT2D eigenvalue weighted by molar-refractivity contribution is 6.32. The van der Waals surface area contributed by atoms with Crippen LogP contribution in [-0.2, 0) is 0 Å². The number of methoxy groups -OCH3 is 1. The van der Waals surface area contributed by atoms with E-state index in [0.29, 0.717) is 39.9 Å². The molecule has 1 aliphatic heterocycles. The van der Waals surface area contributed by atoms with Crippen LogP contribution in [0.1, 0.15) is 46.9 Å². The van der Waals surface area contributed by atoms with Crippen LogP contribution in [0.5, 0.6) is 11.5 Å². The number of ether oxygens (including phenoxy) is 2. The Morgan fingerprint density at radius 2 is 1.90 bits per heavy atom. The summed E-state index contributed by atoms with van der Waals surface area (Å²) in [6.07, 6.45) is 2.98. The Labute approximate surface area is 181 Å². The number of rotatable bonds is 8. The van der Waals surface area contributed by atoms with Crippen molar-refractivity contribution in [3.05, 3.63) is 46.5 Å². The van der Waals surface area contributed by atoms with Crippen molar-refractivity contribution in [3.63, 3.8) is 0 Å². The van der Waals surface area contributed by atoms with Gasteiger partial charge in [0, 0.05) is 24.2 Å². The number of nitrogens with zero attached hydrogens (tertiary/aromatic N) is 1. The van der Waals surface area contributed by atoms with Gasteiger partial charge >= 0.3 is 0 Å². The van der Waals surface area contributed by atoms with E-state index in [1.165, 1.54) is 13.2 Å². The zero-order chi connectivity index (χ0) is 21.7. The van der Waals surface area contributed by atoms with Crippen LogP contribution in [0.15, 0.2) is 30.3 Å². The Morgan fingerprint density at radius 3 is 2.53 bits per heavy atom. The minimum absolute atomic E-state index is 0.290. The quantitative estimate of drug-likeness (QED) is 0.656. The van der Waals surface area contributed by atoms with Gasteiger partial charge in [-0.1, -0.05) is 18.5 Å². The first-order chi connectivity index (χ1) is 14.4. The molecular weight excluding hydrogens is 406 g/mol. The van der Waals surface area contributed by atoms with Gasteiger partial charge in [0.15, 0.2) is 11.5 Å². The number of anilines is 2. The first-order valence-corrected chi connectivity index (χ1v) is 10.3. The molecule has 2 aromatic carbocycles. The lowest BCUT2D eigenvalue weighted by Gasteiger charge is -2.22. The summed E-state index contributed by atoms with van der Waals surface area (Å²) in [5, 5.41) is 3.19.